The minimum absolute atomic E-state index is 0.0538. The normalized spacial score (nSPS) is 12.8. The van der Waals surface area contributed by atoms with E-state index in [0.717, 1.165) is 12.0 Å². The minimum atomic E-state index is -0.0538. The minimum Gasteiger partial charge on any atom is -0.507 e. The lowest BCUT2D eigenvalue weighted by Gasteiger charge is -2.11. The second-order valence-corrected chi connectivity index (χ2v) is 3.75. The van der Waals surface area contributed by atoms with Crippen LogP contribution in [0.5, 0.6) is 5.75 Å². The molecule has 0 aliphatic rings. The van der Waals surface area contributed by atoms with Crippen LogP contribution < -0.4 is 11.5 Å². The zero-order valence-corrected chi connectivity index (χ0v) is 8.79. The summed E-state index contributed by atoms with van der Waals surface area (Å²) in [6.45, 7) is 0.569. The number of halogens is 1. The van der Waals surface area contributed by atoms with E-state index in [1.165, 1.54) is 0 Å². The number of rotatable bonds is 3. The van der Waals surface area contributed by atoms with Crippen LogP contribution in [0.1, 0.15) is 18.0 Å². The van der Waals surface area contributed by atoms with Crippen molar-refractivity contribution in [3.05, 3.63) is 28.2 Å². The van der Waals surface area contributed by atoms with Gasteiger partial charge in [-0.3, -0.25) is 0 Å². The van der Waals surface area contributed by atoms with Crippen LogP contribution in [-0.2, 0) is 0 Å². The molecular formula is C9H13BrN2O. The van der Waals surface area contributed by atoms with Gasteiger partial charge in [0, 0.05) is 6.04 Å². The van der Waals surface area contributed by atoms with E-state index in [4.69, 9.17) is 11.5 Å². The molecule has 1 aromatic rings. The van der Waals surface area contributed by atoms with Crippen LogP contribution in [0.25, 0.3) is 0 Å². The maximum atomic E-state index is 9.24. The zero-order chi connectivity index (χ0) is 9.84. The average Bonchev–Trinajstić information content (AvgIpc) is 2.10. The first-order valence-corrected chi connectivity index (χ1v) is 4.88. The summed E-state index contributed by atoms with van der Waals surface area (Å²) in [5.41, 5.74) is 12.2. The standard InChI is InChI=1S/C9H13BrN2O/c10-7-5-6(1-2-9(7)13)8(12)3-4-11/h1-2,5,8,13H,3-4,11-12H2/t8-/m1/s1. The van der Waals surface area contributed by atoms with E-state index < -0.39 is 0 Å². The number of benzene rings is 1. The first kappa shape index (κ1) is 10.5. The summed E-state index contributed by atoms with van der Waals surface area (Å²) in [6.07, 6.45) is 0.747. The predicted molar refractivity (Wildman–Crippen MR) is 56.4 cm³/mol. The van der Waals surface area contributed by atoms with Crippen molar-refractivity contribution < 1.29 is 5.11 Å². The molecule has 1 atom stereocenters. The van der Waals surface area contributed by atoms with E-state index in [1.54, 1.807) is 12.1 Å². The van der Waals surface area contributed by atoms with Crippen molar-refractivity contribution in [1.82, 2.24) is 0 Å². The molecule has 72 valence electrons. The molecule has 0 fully saturated rings. The topological polar surface area (TPSA) is 72.3 Å². The molecule has 5 N–H and O–H groups in total. The van der Waals surface area contributed by atoms with E-state index >= 15 is 0 Å². The highest BCUT2D eigenvalue weighted by atomic mass is 79.9. The highest BCUT2D eigenvalue weighted by Gasteiger charge is 2.06. The SMILES string of the molecule is NCC[C@@H](N)c1ccc(O)c(Br)c1. The molecule has 0 spiro atoms. The Bertz CT molecular complexity index is 291. The number of hydrogen-bond acceptors (Lipinski definition) is 3. The van der Waals surface area contributed by atoms with E-state index in [9.17, 15) is 5.11 Å². The summed E-state index contributed by atoms with van der Waals surface area (Å²) in [6, 6.07) is 5.19. The van der Waals surface area contributed by atoms with Crippen molar-refractivity contribution in [2.45, 2.75) is 12.5 Å². The molecule has 1 aromatic carbocycles. The monoisotopic (exact) mass is 244 g/mol. The fourth-order valence-electron chi connectivity index (χ4n) is 1.10. The summed E-state index contributed by atoms with van der Waals surface area (Å²) >= 11 is 3.23. The quantitative estimate of drug-likeness (QED) is 0.755. The van der Waals surface area contributed by atoms with Gasteiger partial charge in [0.25, 0.3) is 0 Å². The van der Waals surface area contributed by atoms with Gasteiger partial charge in [0.2, 0.25) is 0 Å². The first-order valence-electron chi connectivity index (χ1n) is 4.09. The van der Waals surface area contributed by atoms with E-state index in [0.29, 0.717) is 11.0 Å². The Balaban J connectivity index is 2.84. The lowest BCUT2D eigenvalue weighted by Crippen LogP contribution is -2.15. The summed E-state index contributed by atoms with van der Waals surface area (Å²) in [7, 11) is 0. The number of phenols is 1. The van der Waals surface area contributed by atoms with Crippen molar-refractivity contribution in [3.8, 4) is 5.75 Å². The van der Waals surface area contributed by atoms with Crippen LogP contribution >= 0.6 is 15.9 Å². The fraction of sp³-hybridized carbons (Fsp3) is 0.333. The van der Waals surface area contributed by atoms with Gasteiger partial charge in [-0.2, -0.15) is 0 Å². The van der Waals surface area contributed by atoms with Crippen LogP contribution in [0.4, 0.5) is 0 Å². The lowest BCUT2D eigenvalue weighted by molar-refractivity contribution is 0.471. The Labute approximate surface area is 85.9 Å². The van der Waals surface area contributed by atoms with Crippen LogP contribution in [0, 0.1) is 0 Å². The maximum absolute atomic E-state index is 9.24. The number of aromatic hydroxyl groups is 1. The molecule has 13 heavy (non-hydrogen) atoms. The molecule has 0 amide bonds. The van der Waals surface area contributed by atoms with Crippen molar-refractivity contribution in [2.24, 2.45) is 11.5 Å². The average molecular weight is 245 g/mol. The van der Waals surface area contributed by atoms with Gasteiger partial charge >= 0.3 is 0 Å². The maximum Gasteiger partial charge on any atom is 0.129 e. The number of nitrogens with two attached hydrogens (primary N) is 2. The highest BCUT2D eigenvalue weighted by molar-refractivity contribution is 9.10. The Morgan fingerprint density at radius 1 is 1.46 bits per heavy atom. The third-order valence-electron chi connectivity index (χ3n) is 1.88. The Morgan fingerprint density at radius 2 is 2.15 bits per heavy atom. The predicted octanol–water partition coefficient (Wildman–Crippen LogP) is 1.50. The third-order valence-corrected chi connectivity index (χ3v) is 2.51. The van der Waals surface area contributed by atoms with Crippen LogP contribution in [0.3, 0.4) is 0 Å². The summed E-state index contributed by atoms with van der Waals surface area (Å²) in [5.74, 6) is 0.226. The van der Waals surface area contributed by atoms with E-state index in [-0.39, 0.29) is 11.8 Å². The molecule has 0 saturated heterocycles. The molecule has 0 aromatic heterocycles. The van der Waals surface area contributed by atoms with Gasteiger partial charge in [-0.1, -0.05) is 6.07 Å². The van der Waals surface area contributed by atoms with Crippen molar-refractivity contribution in [1.29, 1.82) is 0 Å². The largest absolute Gasteiger partial charge is 0.507 e. The highest BCUT2D eigenvalue weighted by Crippen LogP contribution is 2.26. The summed E-state index contributed by atoms with van der Waals surface area (Å²) in [5, 5.41) is 9.24. The van der Waals surface area contributed by atoms with Crippen LogP contribution in [0.2, 0.25) is 0 Å². The molecule has 0 saturated carbocycles. The molecule has 1 rings (SSSR count). The van der Waals surface area contributed by atoms with Crippen molar-refractivity contribution in [2.75, 3.05) is 6.54 Å². The van der Waals surface area contributed by atoms with Gasteiger partial charge in [0.15, 0.2) is 0 Å². The summed E-state index contributed by atoms with van der Waals surface area (Å²) < 4.78 is 0.664. The molecule has 4 heteroatoms. The molecule has 3 nitrogen and oxygen atoms in total. The third kappa shape index (κ3) is 2.69. The fourth-order valence-corrected chi connectivity index (χ4v) is 1.50. The molecule has 0 aliphatic carbocycles. The Hall–Kier alpha value is -0.580. The first-order chi connectivity index (χ1) is 6.15. The smallest absolute Gasteiger partial charge is 0.129 e. The van der Waals surface area contributed by atoms with Gasteiger partial charge in [0.1, 0.15) is 5.75 Å². The summed E-state index contributed by atoms with van der Waals surface area (Å²) in [4.78, 5) is 0. The Morgan fingerprint density at radius 3 is 2.69 bits per heavy atom. The van der Waals surface area contributed by atoms with E-state index in [1.807, 2.05) is 6.07 Å². The molecular weight excluding hydrogens is 232 g/mol. The van der Waals surface area contributed by atoms with Gasteiger partial charge in [0.05, 0.1) is 4.47 Å². The van der Waals surface area contributed by atoms with Crippen molar-refractivity contribution >= 4 is 15.9 Å². The molecule has 0 bridgehead atoms. The van der Waals surface area contributed by atoms with E-state index in [2.05, 4.69) is 15.9 Å². The van der Waals surface area contributed by atoms with Gasteiger partial charge in [-0.15, -0.1) is 0 Å². The number of hydrogen-bond donors (Lipinski definition) is 3. The van der Waals surface area contributed by atoms with Crippen molar-refractivity contribution in [3.63, 3.8) is 0 Å². The second-order valence-electron chi connectivity index (χ2n) is 2.89. The molecule has 0 unspecified atom stereocenters. The Kier molecular flexibility index (Phi) is 3.71. The van der Waals surface area contributed by atoms with Crippen LogP contribution in [0.15, 0.2) is 22.7 Å². The molecule has 0 radical (unpaired) electrons. The van der Waals surface area contributed by atoms with Crippen LogP contribution in [-0.4, -0.2) is 11.7 Å². The van der Waals surface area contributed by atoms with Gasteiger partial charge in [-0.25, -0.2) is 0 Å². The van der Waals surface area contributed by atoms with Gasteiger partial charge in [-0.05, 0) is 46.6 Å². The molecule has 0 heterocycles. The lowest BCUT2D eigenvalue weighted by atomic mass is 10.1. The van der Waals surface area contributed by atoms with Gasteiger partial charge < -0.3 is 16.6 Å². The number of phenolic OH excluding ortho intramolecular Hbond substituents is 1. The molecule has 0 aliphatic heterocycles. The second kappa shape index (κ2) is 4.60. The zero-order valence-electron chi connectivity index (χ0n) is 7.20.